The number of hydrogen-bond donors (Lipinski definition) is 1. The summed E-state index contributed by atoms with van der Waals surface area (Å²) in [6, 6.07) is 8.52. The molecule has 0 aliphatic heterocycles. The number of pyridine rings is 1. The summed E-state index contributed by atoms with van der Waals surface area (Å²) in [6.45, 7) is 0. The third-order valence-corrected chi connectivity index (χ3v) is 2.77. The minimum absolute atomic E-state index is 0.0196. The van der Waals surface area contributed by atoms with Crippen molar-refractivity contribution in [2.24, 2.45) is 0 Å². The van der Waals surface area contributed by atoms with Crippen molar-refractivity contribution < 1.29 is 14.4 Å². The van der Waals surface area contributed by atoms with Gasteiger partial charge in [0, 0.05) is 23.5 Å². The molecule has 0 spiro atoms. The molecule has 0 atom stereocenters. The summed E-state index contributed by atoms with van der Waals surface area (Å²) < 4.78 is 10.2. The van der Waals surface area contributed by atoms with Crippen LogP contribution in [0.5, 0.6) is 11.5 Å². The molecule has 6 heteroatoms. The van der Waals surface area contributed by atoms with Gasteiger partial charge in [-0.15, -0.1) is 0 Å². The van der Waals surface area contributed by atoms with E-state index in [0.29, 0.717) is 23.0 Å². The van der Waals surface area contributed by atoms with Crippen molar-refractivity contribution in [2.45, 2.75) is 0 Å². The lowest BCUT2D eigenvalue weighted by atomic mass is 10.2. The Bertz CT molecular complexity index is 726. The van der Waals surface area contributed by atoms with E-state index in [4.69, 9.17) is 9.26 Å². The quantitative estimate of drug-likeness (QED) is 0.786. The molecular weight excluding hydrogens is 258 g/mol. The molecular formula is C14H11N3O3. The number of aromatic nitrogens is 3. The van der Waals surface area contributed by atoms with Crippen molar-refractivity contribution in [1.29, 1.82) is 0 Å². The maximum Gasteiger partial charge on any atom is 0.258 e. The number of benzene rings is 1. The first-order chi connectivity index (χ1) is 9.78. The average molecular weight is 269 g/mol. The fraction of sp³-hybridized carbons (Fsp3) is 0.0714. The number of ether oxygens (including phenoxy) is 1. The second-order valence-electron chi connectivity index (χ2n) is 4.05. The topological polar surface area (TPSA) is 81.3 Å². The van der Waals surface area contributed by atoms with Gasteiger partial charge in [-0.05, 0) is 30.3 Å². The zero-order valence-electron chi connectivity index (χ0n) is 10.6. The van der Waals surface area contributed by atoms with E-state index in [1.54, 1.807) is 30.6 Å². The Labute approximate surface area is 114 Å². The Morgan fingerprint density at radius 1 is 1.20 bits per heavy atom. The molecule has 0 aliphatic rings. The van der Waals surface area contributed by atoms with Gasteiger partial charge in [0.15, 0.2) is 11.5 Å². The molecule has 2 aromatic heterocycles. The van der Waals surface area contributed by atoms with Crippen LogP contribution in [-0.4, -0.2) is 27.3 Å². The molecule has 1 N–H and O–H groups in total. The van der Waals surface area contributed by atoms with Gasteiger partial charge in [-0.2, -0.15) is 4.98 Å². The fourth-order valence-corrected chi connectivity index (χ4v) is 1.78. The predicted octanol–water partition coefficient (Wildman–Crippen LogP) is 2.51. The largest absolute Gasteiger partial charge is 0.504 e. The lowest BCUT2D eigenvalue weighted by molar-refractivity contribution is 0.373. The van der Waals surface area contributed by atoms with E-state index in [2.05, 4.69) is 15.1 Å². The zero-order valence-corrected chi connectivity index (χ0v) is 10.6. The predicted molar refractivity (Wildman–Crippen MR) is 71.2 cm³/mol. The van der Waals surface area contributed by atoms with E-state index in [-0.39, 0.29) is 5.75 Å². The summed E-state index contributed by atoms with van der Waals surface area (Å²) in [6.07, 6.45) is 3.33. The van der Waals surface area contributed by atoms with Gasteiger partial charge in [0.1, 0.15) is 0 Å². The third-order valence-electron chi connectivity index (χ3n) is 2.77. The molecule has 0 fully saturated rings. The summed E-state index contributed by atoms with van der Waals surface area (Å²) in [4.78, 5) is 8.28. The van der Waals surface area contributed by atoms with E-state index >= 15 is 0 Å². The number of methoxy groups -OCH3 is 1. The van der Waals surface area contributed by atoms with E-state index < -0.39 is 0 Å². The Balaban J connectivity index is 1.96. The highest BCUT2D eigenvalue weighted by Gasteiger charge is 2.12. The van der Waals surface area contributed by atoms with Crippen molar-refractivity contribution in [3.05, 3.63) is 42.7 Å². The number of aromatic hydroxyl groups is 1. The van der Waals surface area contributed by atoms with Crippen LogP contribution in [-0.2, 0) is 0 Å². The molecule has 100 valence electrons. The standard InChI is InChI=1S/C14H11N3O3/c1-19-12-5-4-9(7-11(12)18)14-16-13(17-20-14)10-3-2-6-15-8-10/h2-8,18H,1H3. The zero-order chi connectivity index (χ0) is 13.9. The highest BCUT2D eigenvalue weighted by atomic mass is 16.5. The van der Waals surface area contributed by atoms with E-state index in [1.807, 2.05) is 6.07 Å². The van der Waals surface area contributed by atoms with Gasteiger partial charge in [-0.3, -0.25) is 4.98 Å². The summed E-state index contributed by atoms with van der Waals surface area (Å²) in [5.74, 6) is 1.18. The Morgan fingerprint density at radius 2 is 2.10 bits per heavy atom. The van der Waals surface area contributed by atoms with Gasteiger partial charge in [0.05, 0.1) is 7.11 Å². The normalized spacial score (nSPS) is 10.4. The van der Waals surface area contributed by atoms with E-state index in [0.717, 1.165) is 5.56 Å². The highest BCUT2D eigenvalue weighted by Crippen LogP contribution is 2.31. The number of rotatable bonds is 3. The molecule has 3 rings (SSSR count). The van der Waals surface area contributed by atoms with E-state index in [1.165, 1.54) is 13.2 Å². The molecule has 3 aromatic rings. The van der Waals surface area contributed by atoms with Gasteiger partial charge in [0.25, 0.3) is 5.89 Å². The number of phenols is 1. The van der Waals surface area contributed by atoms with Gasteiger partial charge in [-0.1, -0.05) is 5.16 Å². The first kappa shape index (κ1) is 12.2. The van der Waals surface area contributed by atoms with Gasteiger partial charge < -0.3 is 14.4 Å². The molecule has 0 radical (unpaired) electrons. The molecule has 6 nitrogen and oxygen atoms in total. The lowest BCUT2D eigenvalue weighted by Crippen LogP contribution is -1.85. The Morgan fingerprint density at radius 3 is 2.80 bits per heavy atom. The van der Waals surface area contributed by atoms with Crippen LogP contribution < -0.4 is 4.74 Å². The van der Waals surface area contributed by atoms with Crippen LogP contribution >= 0.6 is 0 Å². The summed E-state index contributed by atoms with van der Waals surface area (Å²) >= 11 is 0. The molecule has 20 heavy (non-hydrogen) atoms. The fourth-order valence-electron chi connectivity index (χ4n) is 1.78. The van der Waals surface area contributed by atoms with Crippen molar-refractivity contribution >= 4 is 0 Å². The smallest absolute Gasteiger partial charge is 0.258 e. The SMILES string of the molecule is COc1ccc(-c2nc(-c3cccnc3)no2)cc1O. The minimum Gasteiger partial charge on any atom is -0.504 e. The Kier molecular flexibility index (Phi) is 3.04. The second-order valence-corrected chi connectivity index (χ2v) is 4.05. The lowest BCUT2D eigenvalue weighted by Gasteiger charge is -2.03. The molecule has 0 amide bonds. The summed E-state index contributed by atoms with van der Waals surface area (Å²) in [5, 5.41) is 13.6. The third kappa shape index (κ3) is 2.18. The van der Waals surface area contributed by atoms with Crippen LogP contribution in [0, 0.1) is 0 Å². The molecule has 0 bridgehead atoms. The number of nitrogens with zero attached hydrogens (tertiary/aromatic N) is 3. The Hall–Kier alpha value is -2.89. The van der Waals surface area contributed by atoms with Crippen molar-refractivity contribution in [3.8, 4) is 34.3 Å². The van der Waals surface area contributed by atoms with Crippen LogP contribution in [0.3, 0.4) is 0 Å². The van der Waals surface area contributed by atoms with Crippen LogP contribution in [0.15, 0.2) is 47.2 Å². The van der Waals surface area contributed by atoms with Crippen molar-refractivity contribution in [1.82, 2.24) is 15.1 Å². The molecule has 0 saturated heterocycles. The maximum absolute atomic E-state index is 9.75. The molecule has 1 aromatic carbocycles. The van der Waals surface area contributed by atoms with Gasteiger partial charge >= 0.3 is 0 Å². The average Bonchev–Trinajstić information content (AvgIpc) is 2.98. The molecule has 2 heterocycles. The monoisotopic (exact) mass is 269 g/mol. The van der Waals surface area contributed by atoms with Crippen LogP contribution in [0.4, 0.5) is 0 Å². The van der Waals surface area contributed by atoms with Gasteiger partial charge in [0.2, 0.25) is 5.82 Å². The maximum atomic E-state index is 9.75. The summed E-state index contributed by atoms with van der Waals surface area (Å²) in [5.41, 5.74) is 1.38. The molecule has 0 saturated carbocycles. The van der Waals surface area contributed by atoms with Crippen LogP contribution in [0.1, 0.15) is 0 Å². The van der Waals surface area contributed by atoms with Crippen molar-refractivity contribution in [3.63, 3.8) is 0 Å². The molecule has 0 unspecified atom stereocenters. The number of hydrogen-bond acceptors (Lipinski definition) is 6. The number of phenolic OH excluding ortho intramolecular Hbond substituents is 1. The summed E-state index contributed by atoms with van der Waals surface area (Å²) in [7, 11) is 1.49. The minimum atomic E-state index is 0.0196. The second kappa shape index (κ2) is 5.00. The highest BCUT2D eigenvalue weighted by molar-refractivity contribution is 5.62. The van der Waals surface area contributed by atoms with Crippen LogP contribution in [0.25, 0.3) is 22.8 Å². The van der Waals surface area contributed by atoms with E-state index in [9.17, 15) is 5.11 Å². The van der Waals surface area contributed by atoms with Crippen molar-refractivity contribution in [2.75, 3.05) is 7.11 Å². The first-order valence-corrected chi connectivity index (χ1v) is 5.89. The van der Waals surface area contributed by atoms with Crippen LogP contribution in [0.2, 0.25) is 0 Å². The molecule has 0 aliphatic carbocycles. The van der Waals surface area contributed by atoms with Gasteiger partial charge in [-0.25, -0.2) is 0 Å². The first-order valence-electron chi connectivity index (χ1n) is 5.89.